The first-order valence-corrected chi connectivity index (χ1v) is 7.78. The average molecular weight is 287 g/mol. The maximum atomic E-state index is 11.9. The van der Waals surface area contributed by atoms with Crippen LogP contribution in [-0.2, 0) is 6.54 Å². The molecule has 0 N–H and O–H groups in total. The van der Waals surface area contributed by atoms with Crippen LogP contribution in [0.4, 0.5) is 4.79 Å². The Kier molecular flexibility index (Phi) is 7.30. The second-order valence-corrected chi connectivity index (χ2v) is 4.17. The van der Waals surface area contributed by atoms with Gasteiger partial charge in [-0.2, -0.15) is 0 Å². The summed E-state index contributed by atoms with van der Waals surface area (Å²) in [5.74, 6) is 0.675. The number of para-hydroxylation sites is 1. The van der Waals surface area contributed by atoms with E-state index in [0.717, 1.165) is 24.1 Å². The van der Waals surface area contributed by atoms with Gasteiger partial charge in [0.05, 0.1) is 6.54 Å². The fourth-order valence-electron chi connectivity index (χ4n) is 2.11. The molecule has 0 saturated heterocycles. The van der Waals surface area contributed by atoms with Crippen LogP contribution in [0, 0.1) is 0 Å². The van der Waals surface area contributed by atoms with Crippen molar-refractivity contribution >= 4 is 6.09 Å². The minimum atomic E-state index is -0.290. The van der Waals surface area contributed by atoms with E-state index in [0.29, 0.717) is 12.3 Å². The maximum Gasteiger partial charge on any atom is 0.420 e. The number of amides is 1. The first-order valence-electron chi connectivity index (χ1n) is 7.78. The quantitative estimate of drug-likeness (QED) is 0.702. The van der Waals surface area contributed by atoms with Crippen molar-refractivity contribution in [1.82, 2.24) is 4.90 Å². The van der Waals surface area contributed by atoms with Crippen LogP contribution in [0.25, 0.3) is 0 Å². The molecule has 0 spiro atoms. The molecule has 1 aliphatic heterocycles. The Bertz CT molecular complexity index is 518. The zero-order chi connectivity index (χ0) is 15.7. The van der Waals surface area contributed by atoms with Crippen LogP contribution >= 0.6 is 0 Å². The first-order chi connectivity index (χ1) is 10.3. The maximum absolute atomic E-state index is 11.9. The monoisotopic (exact) mass is 287 g/mol. The lowest BCUT2D eigenvalue weighted by Crippen LogP contribution is -2.36. The SMILES string of the molecule is CC.CC.O=C1Oc2ccccc2CN1C1=CCCC=C1. The third-order valence-corrected chi connectivity index (χ3v) is 3.01. The van der Waals surface area contributed by atoms with Crippen LogP contribution < -0.4 is 4.74 Å². The van der Waals surface area contributed by atoms with Crippen molar-refractivity contribution in [3.05, 3.63) is 53.8 Å². The fourth-order valence-corrected chi connectivity index (χ4v) is 2.11. The van der Waals surface area contributed by atoms with E-state index < -0.39 is 0 Å². The molecule has 1 aromatic carbocycles. The second kappa shape index (κ2) is 9.01. The van der Waals surface area contributed by atoms with E-state index in [4.69, 9.17) is 4.74 Å². The van der Waals surface area contributed by atoms with Crippen LogP contribution in [0.3, 0.4) is 0 Å². The highest BCUT2D eigenvalue weighted by Crippen LogP contribution is 2.28. The fraction of sp³-hybridized carbons (Fsp3) is 0.389. The number of nitrogens with zero attached hydrogens (tertiary/aromatic N) is 1. The lowest BCUT2D eigenvalue weighted by Gasteiger charge is -2.29. The molecule has 3 nitrogen and oxygen atoms in total. The molecule has 0 unspecified atom stereocenters. The highest BCUT2D eigenvalue weighted by molar-refractivity contribution is 5.76. The van der Waals surface area contributed by atoms with Gasteiger partial charge in [0, 0.05) is 11.3 Å². The molecule has 21 heavy (non-hydrogen) atoms. The van der Waals surface area contributed by atoms with Crippen LogP contribution in [0.2, 0.25) is 0 Å². The van der Waals surface area contributed by atoms with Crippen molar-refractivity contribution in [3.63, 3.8) is 0 Å². The third kappa shape index (κ3) is 4.22. The van der Waals surface area contributed by atoms with Crippen molar-refractivity contribution in [2.24, 2.45) is 0 Å². The minimum absolute atomic E-state index is 0.290. The zero-order valence-corrected chi connectivity index (χ0v) is 13.4. The van der Waals surface area contributed by atoms with Crippen molar-refractivity contribution in [2.45, 2.75) is 47.1 Å². The van der Waals surface area contributed by atoms with Crippen LogP contribution in [0.15, 0.2) is 48.2 Å². The Balaban J connectivity index is 0.000000510. The number of carbonyl (C=O) groups is 1. The van der Waals surface area contributed by atoms with Crippen molar-refractivity contribution < 1.29 is 9.53 Å². The third-order valence-electron chi connectivity index (χ3n) is 3.01. The van der Waals surface area contributed by atoms with Gasteiger partial charge in [-0.3, -0.25) is 4.90 Å². The summed E-state index contributed by atoms with van der Waals surface area (Å²) in [6.07, 6.45) is 7.89. The van der Waals surface area contributed by atoms with Crippen molar-refractivity contribution in [1.29, 1.82) is 0 Å². The van der Waals surface area contributed by atoms with Crippen molar-refractivity contribution in [3.8, 4) is 5.75 Å². The average Bonchev–Trinajstić information content (AvgIpc) is 2.58. The highest BCUT2D eigenvalue weighted by atomic mass is 16.6. The summed E-state index contributed by atoms with van der Waals surface area (Å²) in [6.45, 7) is 8.59. The van der Waals surface area contributed by atoms with Crippen LogP contribution in [0.5, 0.6) is 5.75 Å². The molecule has 0 radical (unpaired) electrons. The largest absolute Gasteiger partial charge is 0.420 e. The molecule has 0 bridgehead atoms. The molecule has 1 heterocycles. The van der Waals surface area contributed by atoms with Gasteiger partial charge in [0.15, 0.2) is 0 Å². The normalized spacial score (nSPS) is 15.5. The van der Waals surface area contributed by atoms with Gasteiger partial charge in [0.25, 0.3) is 0 Å². The van der Waals surface area contributed by atoms with E-state index in [1.807, 2.05) is 58.0 Å². The van der Waals surface area contributed by atoms with Crippen LogP contribution in [-0.4, -0.2) is 11.0 Å². The van der Waals surface area contributed by atoms with Gasteiger partial charge < -0.3 is 4.74 Å². The van der Waals surface area contributed by atoms with E-state index in [1.165, 1.54) is 0 Å². The summed E-state index contributed by atoms with van der Waals surface area (Å²) in [4.78, 5) is 13.6. The van der Waals surface area contributed by atoms with E-state index >= 15 is 0 Å². The lowest BCUT2D eigenvalue weighted by molar-refractivity contribution is 0.154. The van der Waals surface area contributed by atoms with Gasteiger partial charge in [-0.1, -0.05) is 58.0 Å². The Labute approximate surface area is 127 Å². The molecule has 114 valence electrons. The zero-order valence-electron chi connectivity index (χ0n) is 13.4. The Hall–Kier alpha value is -2.03. The number of rotatable bonds is 1. The van der Waals surface area contributed by atoms with E-state index in [9.17, 15) is 4.79 Å². The molecule has 1 amide bonds. The molecule has 3 heteroatoms. The van der Waals surface area contributed by atoms with Gasteiger partial charge >= 0.3 is 6.09 Å². The number of benzene rings is 1. The molecular formula is C18H25NO2. The summed E-state index contributed by atoms with van der Waals surface area (Å²) in [5.41, 5.74) is 1.99. The topological polar surface area (TPSA) is 29.5 Å². The number of allylic oxidation sites excluding steroid dienone is 3. The predicted molar refractivity (Wildman–Crippen MR) is 87.2 cm³/mol. The van der Waals surface area contributed by atoms with Gasteiger partial charge in [0.2, 0.25) is 0 Å². The molecule has 0 saturated carbocycles. The van der Waals surface area contributed by atoms with Crippen LogP contribution in [0.1, 0.15) is 46.1 Å². The molecule has 2 aliphatic rings. The number of carbonyl (C=O) groups excluding carboxylic acids is 1. The summed E-state index contributed by atoms with van der Waals surface area (Å²) >= 11 is 0. The number of hydrogen-bond donors (Lipinski definition) is 0. The highest BCUT2D eigenvalue weighted by Gasteiger charge is 2.26. The minimum Gasteiger partial charge on any atom is -0.410 e. The Morgan fingerprint density at radius 3 is 2.43 bits per heavy atom. The summed E-state index contributed by atoms with van der Waals surface area (Å²) in [6, 6.07) is 7.65. The van der Waals surface area contributed by atoms with Gasteiger partial charge in [0.1, 0.15) is 5.75 Å². The molecule has 1 aliphatic carbocycles. The standard InChI is InChI=1S/C14H13NO2.2C2H6/c16-14-15(12-7-2-1-3-8-12)10-11-6-4-5-9-13(11)17-14;2*1-2/h2,4-9H,1,3,10H2;2*1-2H3. The summed E-state index contributed by atoms with van der Waals surface area (Å²) in [5, 5.41) is 0. The van der Waals surface area contributed by atoms with E-state index in [-0.39, 0.29) is 6.09 Å². The number of fused-ring (bicyclic) bond motifs is 1. The van der Waals surface area contributed by atoms with E-state index in [1.54, 1.807) is 4.90 Å². The smallest absolute Gasteiger partial charge is 0.410 e. The lowest BCUT2D eigenvalue weighted by atomic mass is 10.1. The number of ether oxygens (including phenoxy) is 1. The van der Waals surface area contributed by atoms with Gasteiger partial charge in [-0.15, -0.1) is 0 Å². The number of hydrogen-bond acceptors (Lipinski definition) is 2. The second-order valence-electron chi connectivity index (χ2n) is 4.17. The molecule has 1 aromatic rings. The molecular weight excluding hydrogens is 262 g/mol. The Morgan fingerprint density at radius 1 is 1.05 bits per heavy atom. The summed E-state index contributed by atoms with van der Waals surface area (Å²) < 4.78 is 5.31. The molecule has 0 fully saturated rings. The summed E-state index contributed by atoms with van der Waals surface area (Å²) in [7, 11) is 0. The Morgan fingerprint density at radius 2 is 1.76 bits per heavy atom. The molecule has 3 rings (SSSR count). The van der Waals surface area contributed by atoms with Gasteiger partial charge in [-0.25, -0.2) is 4.79 Å². The first kappa shape index (κ1) is 17.0. The molecule has 0 aromatic heterocycles. The van der Waals surface area contributed by atoms with E-state index in [2.05, 4.69) is 12.2 Å². The van der Waals surface area contributed by atoms with Gasteiger partial charge in [-0.05, 0) is 25.0 Å². The van der Waals surface area contributed by atoms with Crippen molar-refractivity contribution in [2.75, 3.05) is 0 Å². The molecule has 0 atom stereocenters. The predicted octanol–water partition coefficient (Wildman–Crippen LogP) is 5.29.